The standard InChI is InChI=1S/C46H57FN10O7S/c1-28-24-34(13-14-35(28)49-45-48-25-31-10-19-40(59)56(43(31)51-45)32-6-4-5-7-32)65(62,63)52-29(2)27-64-33-11-8-30(9-12-33)26-54-20-22-55(23-21-54)36-15-16-37-42(41(36)47)53(3)46(61)57(37)38-17-18-39(58)50-44(38)60/h10,13-16,19,24-25,29-30,32-33,38,52H,4-9,11-12,17-18,20-23,26-27H2,1-3H3,(H,48,49,51)(H,50,58,60)/t29-,30?,33?,38?/m0/s1. The monoisotopic (exact) mass is 912 g/mol. The van der Waals surface area contributed by atoms with Gasteiger partial charge in [-0.1, -0.05) is 12.8 Å². The number of piperidine rings is 1. The molecule has 346 valence electrons. The largest absolute Gasteiger partial charge is 0.377 e. The predicted molar refractivity (Wildman–Crippen MR) is 244 cm³/mol. The molecule has 3 aromatic heterocycles. The summed E-state index contributed by atoms with van der Waals surface area (Å²) in [4.78, 5) is 64.1. The first-order valence-corrected chi connectivity index (χ1v) is 24.3. The van der Waals surface area contributed by atoms with E-state index in [1.165, 1.54) is 16.2 Å². The van der Waals surface area contributed by atoms with Crippen LogP contribution in [0.2, 0.25) is 0 Å². The van der Waals surface area contributed by atoms with Crippen molar-refractivity contribution in [1.29, 1.82) is 0 Å². The van der Waals surface area contributed by atoms with Crippen LogP contribution in [0.5, 0.6) is 0 Å². The number of aromatic nitrogens is 5. The zero-order valence-corrected chi connectivity index (χ0v) is 37.9. The third-order valence-electron chi connectivity index (χ3n) is 13.8. The van der Waals surface area contributed by atoms with Gasteiger partial charge in [0.25, 0.3) is 5.56 Å². The zero-order valence-electron chi connectivity index (χ0n) is 37.1. The van der Waals surface area contributed by atoms with Gasteiger partial charge in [0.15, 0.2) is 5.82 Å². The first-order valence-electron chi connectivity index (χ1n) is 22.8. The minimum absolute atomic E-state index is 0.0477. The Morgan fingerprint density at radius 1 is 0.923 bits per heavy atom. The molecule has 5 heterocycles. The molecule has 3 N–H and O–H groups in total. The number of hydrogen-bond acceptors (Lipinski definition) is 12. The van der Waals surface area contributed by atoms with Gasteiger partial charge < -0.3 is 15.0 Å². The Kier molecular flexibility index (Phi) is 12.7. The van der Waals surface area contributed by atoms with E-state index in [4.69, 9.17) is 9.72 Å². The van der Waals surface area contributed by atoms with E-state index in [0.717, 1.165) is 76.4 Å². The van der Waals surface area contributed by atoms with Crippen molar-refractivity contribution in [3.05, 3.63) is 80.9 Å². The van der Waals surface area contributed by atoms with E-state index in [2.05, 4.69) is 25.2 Å². The number of anilines is 3. The predicted octanol–water partition coefficient (Wildman–Crippen LogP) is 4.79. The topological polar surface area (TPSA) is 195 Å². The fraction of sp³-hybridized carbons (Fsp3) is 0.522. The molecule has 17 nitrogen and oxygen atoms in total. The molecule has 2 saturated heterocycles. The van der Waals surface area contributed by atoms with Gasteiger partial charge in [-0.15, -0.1) is 0 Å². The second-order valence-electron chi connectivity index (χ2n) is 18.3. The van der Waals surface area contributed by atoms with Crippen LogP contribution >= 0.6 is 0 Å². The number of sulfonamides is 1. The number of aryl methyl sites for hydroxylation is 2. The number of rotatable bonds is 13. The fourth-order valence-electron chi connectivity index (χ4n) is 10.2. The van der Waals surface area contributed by atoms with Crippen molar-refractivity contribution in [3.8, 4) is 0 Å². The minimum Gasteiger partial charge on any atom is -0.377 e. The number of ether oxygens (including phenoxy) is 1. The van der Waals surface area contributed by atoms with Gasteiger partial charge in [-0.3, -0.25) is 38.3 Å². The number of nitrogens with one attached hydrogen (secondary N) is 3. The van der Waals surface area contributed by atoms with Gasteiger partial charge >= 0.3 is 5.69 Å². The molecule has 0 radical (unpaired) electrons. The molecule has 1 unspecified atom stereocenters. The Hall–Kier alpha value is -5.50. The number of carbonyl (C=O) groups excluding carboxylic acids is 2. The summed E-state index contributed by atoms with van der Waals surface area (Å²) in [5.74, 6) is -0.607. The molecule has 4 aliphatic rings. The Labute approximate surface area is 376 Å². The number of imide groups is 1. The summed E-state index contributed by atoms with van der Waals surface area (Å²) in [7, 11) is -2.33. The van der Waals surface area contributed by atoms with Gasteiger partial charge in [-0.25, -0.2) is 27.3 Å². The van der Waals surface area contributed by atoms with Crippen LogP contribution in [0, 0.1) is 18.7 Å². The maximum Gasteiger partial charge on any atom is 0.329 e. The van der Waals surface area contributed by atoms with Crippen LogP contribution in [0.3, 0.4) is 0 Å². The number of fused-ring (bicyclic) bond motifs is 2. The Morgan fingerprint density at radius 2 is 1.68 bits per heavy atom. The number of benzene rings is 2. The van der Waals surface area contributed by atoms with E-state index in [0.29, 0.717) is 53.1 Å². The molecule has 65 heavy (non-hydrogen) atoms. The van der Waals surface area contributed by atoms with Gasteiger partial charge in [-0.05, 0) is 107 Å². The van der Waals surface area contributed by atoms with Crippen LogP contribution < -0.4 is 31.5 Å². The summed E-state index contributed by atoms with van der Waals surface area (Å²) >= 11 is 0. The summed E-state index contributed by atoms with van der Waals surface area (Å²) in [6.07, 6.45) is 9.87. The summed E-state index contributed by atoms with van der Waals surface area (Å²) in [5, 5.41) is 6.29. The van der Waals surface area contributed by atoms with Crippen LogP contribution in [0.25, 0.3) is 22.1 Å². The highest BCUT2D eigenvalue weighted by atomic mass is 32.2. The van der Waals surface area contributed by atoms with Crippen molar-refractivity contribution >= 4 is 61.2 Å². The van der Waals surface area contributed by atoms with Crippen LogP contribution in [-0.4, -0.2) is 100 Å². The van der Waals surface area contributed by atoms with E-state index in [9.17, 15) is 27.6 Å². The van der Waals surface area contributed by atoms with Gasteiger partial charge in [-0.2, -0.15) is 4.98 Å². The number of imidazole rings is 1. The van der Waals surface area contributed by atoms with Crippen molar-refractivity contribution in [2.24, 2.45) is 13.0 Å². The van der Waals surface area contributed by atoms with E-state index in [1.54, 1.807) is 60.2 Å². The first kappa shape index (κ1) is 44.7. The molecular weight excluding hydrogens is 856 g/mol. The molecule has 4 fully saturated rings. The third kappa shape index (κ3) is 9.20. The molecule has 2 saturated carbocycles. The molecule has 0 spiro atoms. The van der Waals surface area contributed by atoms with Crippen LogP contribution in [-0.2, 0) is 31.4 Å². The lowest BCUT2D eigenvalue weighted by atomic mass is 9.87. The molecule has 2 amide bonds. The second kappa shape index (κ2) is 18.4. The first-order chi connectivity index (χ1) is 31.2. The zero-order chi connectivity index (χ0) is 45.6. The van der Waals surface area contributed by atoms with Crippen LogP contribution in [0.4, 0.5) is 21.7 Å². The Bertz CT molecular complexity index is 2860. The number of carbonyl (C=O) groups is 2. The van der Waals surface area contributed by atoms with Gasteiger partial charge in [0.05, 0.1) is 28.8 Å². The maximum absolute atomic E-state index is 16.1. The van der Waals surface area contributed by atoms with E-state index >= 15 is 4.39 Å². The number of hydrogen-bond donors (Lipinski definition) is 3. The molecule has 5 aromatic rings. The molecular formula is C46H57FN10O7S. The number of piperazine rings is 1. The molecule has 19 heteroatoms. The molecule has 9 rings (SSSR count). The van der Waals surface area contributed by atoms with Crippen molar-refractivity contribution < 1.29 is 27.1 Å². The molecule has 2 aromatic carbocycles. The number of halogens is 1. The summed E-state index contributed by atoms with van der Waals surface area (Å²) in [6, 6.07) is 10.3. The normalized spacial score (nSPS) is 21.9. The number of pyridine rings is 1. The number of amides is 2. The number of nitrogens with zero attached hydrogens (tertiary/aromatic N) is 7. The quantitative estimate of drug-likeness (QED) is 0.137. The van der Waals surface area contributed by atoms with Crippen LogP contribution in [0.15, 0.2) is 63.1 Å². The highest BCUT2D eigenvalue weighted by Crippen LogP contribution is 2.33. The van der Waals surface area contributed by atoms with E-state index in [-0.39, 0.29) is 53.5 Å². The van der Waals surface area contributed by atoms with Gasteiger partial charge in [0.2, 0.25) is 27.8 Å². The molecule has 2 aliphatic heterocycles. The van der Waals surface area contributed by atoms with E-state index in [1.807, 2.05) is 11.8 Å². The SMILES string of the molecule is Cc1cc(S(=O)(=O)N[C@@H](C)COC2CCC(CN3CCN(c4ccc5c(c4F)n(C)c(=O)n5C4CCC(=O)NC4=O)CC3)CC2)ccc1Nc1ncc2ccc(=O)n(C3CCCC3)c2n1. The highest BCUT2D eigenvalue weighted by Gasteiger charge is 2.33. The molecule has 2 aliphatic carbocycles. The van der Waals surface area contributed by atoms with E-state index < -0.39 is 39.5 Å². The van der Waals surface area contributed by atoms with Crippen molar-refractivity contribution in [1.82, 2.24) is 38.6 Å². The van der Waals surface area contributed by atoms with Gasteiger partial charge in [0, 0.05) is 81.6 Å². The fourth-order valence-corrected chi connectivity index (χ4v) is 11.5. The molecule has 2 atom stereocenters. The smallest absolute Gasteiger partial charge is 0.329 e. The highest BCUT2D eigenvalue weighted by molar-refractivity contribution is 7.89. The van der Waals surface area contributed by atoms with Crippen LogP contribution in [0.1, 0.15) is 88.8 Å². The van der Waals surface area contributed by atoms with Gasteiger partial charge in [0.1, 0.15) is 17.2 Å². The summed E-state index contributed by atoms with van der Waals surface area (Å²) in [5.41, 5.74) is 2.26. The van der Waals surface area contributed by atoms with Crippen molar-refractivity contribution in [2.45, 2.75) is 107 Å². The second-order valence-corrected chi connectivity index (χ2v) is 20.0. The summed E-state index contributed by atoms with van der Waals surface area (Å²) < 4.78 is 56.4. The van der Waals surface area contributed by atoms with Crippen molar-refractivity contribution in [3.63, 3.8) is 0 Å². The molecule has 0 bridgehead atoms. The van der Waals surface area contributed by atoms with Crippen molar-refractivity contribution in [2.75, 3.05) is 49.5 Å². The Morgan fingerprint density at radius 3 is 2.40 bits per heavy atom. The lowest BCUT2D eigenvalue weighted by Gasteiger charge is -2.39. The maximum atomic E-state index is 16.1. The Balaban J connectivity index is 0.728. The average molecular weight is 913 g/mol. The summed E-state index contributed by atoms with van der Waals surface area (Å²) in [6.45, 7) is 7.60. The minimum atomic E-state index is -3.84. The average Bonchev–Trinajstić information content (AvgIpc) is 3.90. The lowest BCUT2D eigenvalue weighted by Crippen LogP contribution is -2.48. The third-order valence-corrected chi connectivity index (χ3v) is 15.3. The lowest BCUT2D eigenvalue weighted by molar-refractivity contribution is -0.135.